The number of nitrogens with zero attached hydrogens (tertiary/aromatic N) is 2. The summed E-state index contributed by atoms with van der Waals surface area (Å²) in [6.45, 7) is 6.20. The average Bonchev–Trinajstić information content (AvgIpc) is 3.06. The van der Waals surface area contributed by atoms with Gasteiger partial charge < -0.3 is 40.3 Å². The summed E-state index contributed by atoms with van der Waals surface area (Å²) in [7, 11) is 3.06. The number of anilines is 2. The number of ether oxygens (including phenoxy) is 2. The van der Waals surface area contributed by atoms with E-state index >= 15 is 0 Å². The first-order chi connectivity index (χ1) is 22.1. The molecule has 3 aromatic rings. The lowest BCUT2D eigenvalue weighted by atomic mass is 10.0. The topological polar surface area (TPSA) is 150 Å². The molecule has 1 saturated heterocycles. The highest BCUT2D eigenvalue weighted by molar-refractivity contribution is 6.00. The number of hydrogen-bond acceptors (Lipinski definition) is 7. The number of piperazine rings is 1. The van der Waals surface area contributed by atoms with Crippen molar-refractivity contribution in [3.63, 3.8) is 0 Å². The van der Waals surface area contributed by atoms with Gasteiger partial charge >= 0.3 is 12.0 Å². The lowest BCUT2D eigenvalue weighted by Gasteiger charge is -2.37. The summed E-state index contributed by atoms with van der Waals surface area (Å²) in [5.41, 5.74) is 3.56. The van der Waals surface area contributed by atoms with Gasteiger partial charge in [-0.15, -0.1) is 0 Å². The Labute approximate surface area is 268 Å². The Morgan fingerprint density at radius 3 is 2.17 bits per heavy atom. The molecule has 4 rings (SSSR count). The first-order valence-corrected chi connectivity index (χ1v) is 15.2. The molecule has 0 spiro atoms. The van der Waals surface area contributed by atoms with Crippen molar-refractivity contribution in [1.29, 1.82) is 0 Å². The first-order valence-electron chi connectivity index (χ1n) is 15.2. The zero-order valence-corrected chi connectivity index (χ0v) is 26.6. The fraction of sp³-hybridized carbons (Fsp3) is 0.353. The normalized spacial score (nSPS) is 13.4. The van der Waals surface area contributed by atoms with Crippen LogP contribution in [0.1, 0.15) is 57.7 Å². The second kappa shape index (κ2) is 15.6. The van der Waals surface area contributed by atoms with E-state index in [1.54, 1.807) is 53.4 Å². The lowest BCUT2D eigenvalue weighted by molar-refractivity contribution is -0.137. The number of hydrogen-bond donors (Lipinski definition) is 4. The van der Waals surface area contributed by atoms with E-state index in [0.717, 1.165) is 12.0 Å². The van der Waals surface area contributed by atoms with Crippen LogP contribution in [0.3, 0.4) is 0 Å². The Balaban J connectivity index is 1.53. The molecule has 1 aliphatic rings. The number of benzene rings is 3. The maximum atomic E-state index is 13.4. The smallest absolute Gasteiger partial charge is 0.319 e. The van der Waals surface area contributed by atoms with Gasteiger partial charge in [0, 0.05) is 43.9 Å². The molecule has 0 aliphatic carbocycles. The van der Waals surface area contributed by atoms with Gasteiger partial charge in [-0.25, -0.2) is 4.79 Å². The van der Waals surface area contributed by atoms with Gasteiger partial charge in [0.15, 0.2) is 11.5 Å². The van der Waals surface area contributed by atoms with Crippen LogP contribution in [0.4, 0.5) is 16.2 Å². The highest BCUT2D eigenvalue weighted by Crippen LogP contribution is 2.31. The minimum Gasteiger partial charge on any atom is -0.493 e. The number of aliphatic carboxylic acids is 1. The Bertz CT molecular complexity index is 1550. The summed E-state index contributed by atoms with van der Waals surface area (Å²) in [4.78, 5) is 54.8. The number of amides is 4. The molecule has 1 heterocycles. The van der Waals surface area contributed by atoms with Gasteiger partial charge in [-0.3, -0.25) is 14.4 Å². The van der Waals surface area contributed by atoms with Gasteiger partial charge in [0.05, 0.1) is 38.1 Å². The van der Waals surface area contributed by atoms with E-state index in [1.807, 2.05) is 26.0 Å². The Kier molecular flexibility index (Phi) is 11.4. The molecular weight excluding hydrogens is 590 g/mol. The van der Waals surface area contributed by atoms with Gasteiger partial charge in [0.2, 0.25) is 0 Å². The monoisotopic (exact) mass is 631 g/mol. The fourth-order valence-corrected chi connectivity index (χ4v) is 5.23. The van der Waals surface area contributed by atoms with Gasteiger partial charge in [-0.2, -0.15) is 0 Å². The molecule has 0 aromatic heterocycles. The van der Waals surface area contributed by atoms with Crippen molar-refractivity contribution < 1.29 is 33.8 Å². The van der Waals surface area contributed by atoms with Crippen molar-refractivity contribution in [2.75, 3.05) is 57.2 Å². The van der Waals surface area contributed by atoms with Crippen LogP contribution in [0.25, 0.3) is 0 Å². The van der Waals surface area contributed by atoms with Crippen LogP contribution in [0.15, 0.2) is 60.7 Å². The maximum absolute atomic E-state index is 13.4. The zero-order chi connectivity index (χ0) is 33.2. The van der Waals surface area contributed by atoms with Crippen LogP contribution >= 0.6 is 0 Å². The molecular formula is C34H41N5O7. The van der Waals surface area contributed by atoms with Crippen LogP contribution in [0, 0.1) is 6.92 Å². The number of rotatable bonds is 12. The highest BCUT2D eigenvalue weighted by atomic mass is 16.5. The standard InChI is InChI=1S/C34H41N5O7/c1-5-14-35-34(44)37-27-19-24(32(42)36-26(21-31(40)41)23-8-6-22(2)7-9-23)10-12-28(27)38-15-17-39(18-16-38)33(43)25-11-13-29(45-3)30(20-25)46-4/h6-13,19-20,26H,5,14-18,21H2,1-4H3,(H,36,42)(H,40,41)(H2,35,37,44). The third-order valence-electron chi connectivity index (χ3n) is 7.74. The predicted molar refractivity (Wildman–Crippen MR) is 175 cm³/mol. The summed E-state index contributed by atoms with van der Waals surface area (Å²) < 4.78 is 10.6. The number of carbonyl (C=O) groups is 4. The Morgan fingerprint density at radius 1 is 0.870 bits per heavy atom. The van der Waals surface area contributed by atoms with Crippen molar-refractivity contribution in [3.05, 3.63) is 82.9 Å². The molecule has 1 unspecified atom stereocenters. The predicted octanol–water partition coefficient (Wildman–Crippen LogP) is 4.45. The van der Waals surface area contributed by atoms with E-state index in [0.29, 0.717) is 66.7 Å². The molecule has 3 aromatic carbocycles. The number of carboxylic acids is 1. The maximum Gasteiger partial charge on any atom is 0.319 e. The van der Waals surface area contributed by atoms with E-state index in [2.05, 4.69) is 20.9 Å². The van der Waals surface area contributed by atoms with E-state index in [4.69, 9.17) is 9.47 Å². The van der Waals surface area contributed by atoms with Crippen molar-refractivity contribution in [3.8, 4) is 11.5 Å². The van der Waals surface area contributed by atoms with Gasteiger partial charge in [-0.05, 0) is 55.3 Å². The second-order valence-electron chi connectivity index (χ2n) is 11.0. The average molecular weight is 632 g/mol. The van der Waals surface area contributed by atoms with Crippen molar-refractivity contribution >= 4 is 35.2 Å². The summed E-state index contributed by atoms with van der Waals surface area (Å²) in [5, 5.41) is 18.0. The Morgan fingerprint density at radius 2 is 1.54 bits per heavy atom. The van der Waals surface area contributed by atoms with Crippen LogP contribution in [-0.2, 0) is 4.79 Å². The minimum atomic E-state index is -1.04. The molecule has 4 N–H and O–H groups in total. The number of carbonyl (C=O) groups excluding carboxylic acids is 3. The van der Waals surface area contributed by atoms with Crippen LogP contribution in [0.2, 0.25) is 0 Å². The molecule has 12 nitrogen and oxygen atoms in total. The van der Waals surface area contributed by atoms with Crippen molar-refractivity contribution in [2.45, 2.75) is 32.7 Å². The molecule has 1 atom stereocenters. The third-order valence-corrected chi connectivity index (χ3v) is 7.74. The molecule has 12 heteroatoms. The molecule has 0 bridgehead atoms. The lowest BCUT2D eigenvalue weighted by Crippen LogP contribution is -2.49. The van der Waals surface area contributed by atoms with Crippen molar-refractivity contribution in [1.82, 2.24) is 15.5 Å². The first kappa shape index (κ1) is 33.6. The van der Waals surface area contributed by atoms with Crippen molar-refractivity contribution in [2.24, 2.45) is 0 Å². The summed E-state index contributed by atoms with van der Waals surface area (Å²) in [6, 6.07) is 16.2. The van der Waals surface area contributed by atoms with Gasteiger partial charge in [0.25, 0.3) is 11.8 Å². The van der Waals surface area contributed by atoms with Gasteiger partial charge in [0.1, 0.15) is 0 Å². The van der Waals surface area contributed by atoms with E-state index in [9.17, 15) is 24.3 Å². The van der Waals surface area contributed by atoms with E-state index < -0.39 is 23.9 Å². The van der Waals surface area contributed by atoms with E-state index in [1.165, 1.54) is 14.2 Å². The third kappa shape index (κ3) is 8.46. The molecule has 1 aliphatic heterocycles. The van der Waals surface area contributed by atoms with Gasteiger partial charge in [-0.1, -0.05) is 36.8 Å². The molecule has 1 fully saturated rings. The SMILES string of the molecule is CCCNC(=O)Nc1cc(C(=O)NC(CC(=O)O)c2ccc(C)cc2)ccc1N1CCN(C(=O)c2ccc(OC)c(OC)c2)CC1. The largest absolute Gasteiger partial charge is 0.493 e. The number of carboxylic acid groups (broad SMARTS) is 1. The van der Waals surface area contributed by atoms with Crippen LogP contribution in [-0.4, -0.2) is 80.8 Å². The summed E-state index contributed by atoms with van der Waals surface area (Å²) >= 11 is 0. The molecule has 46 heavy (non-hydrogen) atoms. The quantitative estimate of drug-likeness (QED) is 0.229. The highest BCUT2D eigenvalue weighted by Gasteiger charge is 2.26. The number of nitrogens with one attached hydrogen (secondary N) is 3. The number of urea groups is 1. The molecule has 4 amide bonds. The Hall–Kier alpha value is -5.26. The second-order valence-corrected chi connectivity index (χ2v) is 11.0. The minimum absolute atomic E-state index is 0.130. The van der Waals surface area contributed by atoms with Crippen LogP contribution in [0.5, 0.6) is 11.5 Å². The molecule has 0 saturated carbocycles. The number of aryl methyl sites for hydroxylation is 1. The number of methoxy groups -OCH3 is 2. The summed E-state index contributed by atoms with van der Waals surface area (Å²) in [6.07, 6.45) is 0.465. The molecule has 0 radical (unpaired) electrons. The fourth-order valence-electron chi connectivity index (χ4n) is 5.23. The van der Waals surface area contributed by atoms with E-state index in [-0.39, 0.29) is 17.9 Å². The summed E-state index contributed by atoms with van der Waals surface area (Å²) in [5.74, 6) is -0.632. The van der Waals surface area contributed by atoms with Crippen LogP contribution < -0.4 is 30.3 Å². The molecule has 244 valence electrons. The zero-order valence-electron chi connectivity index (χ0n) is 26.6.